The molecule has 0 unspecified atom stereocenters. The molecule has 0 radical (unpaired) electrons. The number of carbonyl (C=O) groups excluding carboxylic acids is 2. The second-order valence-corrected chi connectivity index (χ2v) is 7.53. The monoisotopic (exact) mass is 413 g/mol. The van der Waals surface area contributed by atoms with Crippen LogP contribution in [-0.4, -0.2) is 43.0 Å². The molecule has 1 aliphatic rings. The average molecular weight is 413 g/mol. The van der Waals surface area contributed by atoms with Gasteiger partial charge in [0.25, 0.3) is 0 Å². The maximum Gasteiger partial charge on any atom is 0.240 e. The SMILES string of the molecule is COc1ccc(OC)c(NC(=O)C[C@H]2SC(=NCCc3ccccc3)NC2=O)c1. The summed E-state index contributed by atoms with van der Waals surface area (Å²) in [5.74, 6) is 0.628. The highest BCUT2D eigenvalue weighted by atomic mass is 32.2. The highest BCUT2D eigenvalue weighted by molar-refractivity contribution is 8.15. The summed E-state index contributed by atoms with van der Waals surface area (Å²) in [6, 6.07) is 15.2. The number of amidine groups is 1. The van der Waals surface area contributed by atoms with E-state index in [2.05, 4.69) is 15.6 Å². The van der Waals surface area contributed by atoms with Crippen LogP contribution in [0, 0.1) is 0 Å². The van der Waals surface area contributed by atoms with Gasteiger partial charge in [-0.15, -0.1) is 0 Å². The second-order valence-electron chi connectivity index (χ2n) is 6.34. The Morgan fingerprint density at radius 1 is 1.17 bits per heavy atom. The van der Waals surface area contributed by atoms with Crippen LogP contribution in [0.3, 0.4) is 0 Å². The van der Waals surface area contributed by atoms with Crippen molar-refractivity contribution in [2.75, 3.05) is 26.1 Å². The highest BCUT2D eigenvalue weighted by Gasteiger charge is 2.32. The summed E-state index contributed by atoms with van der Waals surface area (Å²) in [5.41, 5.74) is 1.69. The normalized spacial score (nSPS) is 17.1. The van der Waals surface area contributed by atoms with Crippen molar-refractivity contribution in [2.45, 2.75) is 18.1 Å². The van der Waals surface area contributed by atoms with E-state index in [-0.39, 0.29) is 18.2 Å². The fourth-order valence-electron chi connectivity index (χ4n) is 2.83. The minimum absolute atomic E-state index is 0.0363. The molecule has 1 heterocycles. The molecule has 0 saturated carbocycles. The predicted octanol–water partition coefficient (Wildman–Crippen LogP) is 2.86. The molecular weight excluding hydrogens is 390 g/mol. The Labute approximate surface area is 173 Å². The number of hydrogen-bond acceptors (Lipinski definition) is 6. The Morgan fingerprint density at radius 2 is 1.97 bits per heavy atom. The minimum Gasteiger partial charge on any atom is -0.497 e. The van der Waals surface area contributed by atoms with E-state index < -0.39 is 5.25 Å². The predicted molar refractivity (Wildman–Crippen MR) is 115 cm³/mol. The molecule has 2 aromatic rings. The van der Waals surface area contributed by atoms with E-state index in [1.54, 1.807) is 25.3 Å². The van der Waals surface area contributed by atoms with Gasteiger partial charge in [-0.2, -0.15) is 0 Å². The first-order valence-electron chi connectivity index (χ1n) is 9.17. The van der Waals surface area contributed by atoms with Gasteiger partial charge >= 0.3 is 0 Å². The van der Waals surface area contributed by atoms with Crippen LogP contribution in [0.25, 0.3) is 0 Å². The highest BCUT2D eigenvalue weighted by Crippen LogP contribution is 2.30. The first-order valence-corrected chi connectivity index (χ1v) is 10.0. The molecule has 1 fully saturated rings. The summed E-state index contributed by atoms with van der Waals surface area (Å²) in [7, 11) is 3.07. The zero-order valence-electron chi connectivity index (χ0n) is 16.3. The molecule has 1 aliphatic heterocycles. The van der Waals surface area contributed by atoms with Crippen molar-refractivity contribution in [3.8, 4) is 11.5 Å². The number of ether oxygens (including phenoxy) is 2. The van der Waals surface area contributed by atoms with E-state index >= 15 is 0 Å². The molecule has 2 N–H and O–H groups in total. The zero-order chi connectivity index (χ0) is 20.6. The number of carbonyl (C=O) groups is 2. The van der Waals surface area contributed by atoms with E-state index in [1.165, 1.54) is 24.4 Å². The fourth-order valence-corrected chi connectivity index (χ4v) is 3.82. The van der Waals surface area contributed by atoms with Crippen LogP contribution in [0.15, 0.2) is 53.5 Å². The average Bonchev–Trinajstić information content (AvgIpc) is 3.07. The Morgan fingerprint density at radius 3 is 2.69 bits per heavy atom. The molecule has 7 nitrogen and oxygen atoms in total. The number of methoxy groups -OCH3 is 2. The van der Waals surface area contributed by atoms with Gasteiger partial charge in [0.05, 0.1) is 19.9 Å². The van der Waals surface area contributed by atoms with Crippen molar-refractivity contribution in [1.29, 1.82) is 0 Å². The van der Waals surface area contributed by atoms with Crippen molar-refractivity contribution < 1.29 is 19.1 Å². The first kappa shape index (κ1) is 20.7. The molecule has 3 rings (SSSR count). The Balaban J connectivity index is 1.54. The lowest BCUT2D eigenvalue weighted by Crippen LogP contribution is -2.28. The van der Waals surface area contributed by atoms with Crippen LogP contribution in [0.5, 0.6) is 11.5 Å². The Bertz CT molecular complexity index is 902. The third-order valence-corrected chi connectivity index (χ3v) is 5.45. The maximum absolute atomic E-state index is 12.4. The van der Waals surface area contributed by atoms with Gasteiger partial charge in [-0.05, 0) is 24.1 Å². The van der Waals surface area contributed by atoms with E-state index in [1.807, 2.05) is 30.3 Å². The van der Waals surface area contributed by atoms with Crippen LogP contribution < -0.4 is 20.1 Å². The number of anilines is 1. The lowest BCUT2D eigenvalue weighted by atomic mass is 10.2. The summed E-state index contributed by atoms with van der Waals surface area (Å²) in [6.45, 7) is 0.576. The quantitative estimate of drug-likeness (QED) is 0.695. The number of aliphatic imine (C=N–C) groups is 1. The van der Waals surface area contributed by atoms with Gasteiger partial charge in [0.2, 0.25) is 11.8 Å². The largest absolute Gasteiger partial charge is 0.497 e. The third-order valence-electron chi connectivity index (χ3n) is 4.33. The molecular formula is C21H23N3O4S. The number of amides is 2. The first-order chi connectivity index (χ1) is 14.1. The molecule has 1 saturated heterocycles. The van der Waals surface area contributed by atoms with Crippen molar-refractivity contribution in [1.82, 2.24) is 5.32 Å². The molecule has 8 heteroatoms. The van der Waals surface area contributed by atoms with Crippen molar-refractivity contribution in [3.05, 3.63) is 54.1 Å². The molecule has 0 bridgehead atoms. The zero-order valence-corrected chi connectivity index (χ0v) is 17.1. The lowest BCUT2D eigenvalue weighted by molar-refractivity contribution is -0.122. The maximum atomic E-state index is 12.4. The molecule has 1 atom stereocenters. The standard InChI is InChI=1S/C21H23N3O4S/c1-27-15-8-9-17(28-2)16(12-15)23-19(25)13-18-20(26)24-21(29-18)22-11-10-14-6-4-3-5-7-14/h3-9,12,18H,10-11,13H2,1-2H3,(H,23,25)(H,22,24,26)/t18-/m1/s1. The number of rotatable bonds is 8. The minimum atomic E-state index is -0.512. The summed E-state index contributed by atoms with van der Waals surface area (Å²) >= 11 is 1.28. The van der Waals surface area contributed by atoms with Crippen molar-refractivity contribution in [2.24, 2.45) is 4.99 Å². The van der Waals surface area contributed by atoms with Crippen molar-refractivity contribution in [3.63, 3.8) is 0 Å². The van der Waals surface area contributed by atoms with Gasteiger partial charge in [0.1, 0.15) is 16.7 Å². The van der Waals surface area contributed by atoms with Gasteiger partial charge in [-0.1, -0.05) is 42.1 Å². The smallest absolute Gasteiger partial charge is 0.240 e. The van der Waals surface area contributed by atoms with Gasteiger partial charge in [0.15, 0.2) is 5.17 Å². The van der Waals surface area contributed by atoms with E-state index in [9.17, 15) is 9.59 Å². The number of nitrogens with zero attached hydrogens (tertiary/aromatic N) is 1. The van der Waals surface area contributed by atoms with E-state index in [4.69, 9.17) is 9.47 Å². The van der Waals surface area contributed by atoms with Crippen LogP contribution >= 0.6 is 11.8 Å². The second kappa shape index (κ2) is 9.97. The third kappa shape index (κ3) is 5.74. The summed E-state index contributed by atoms with van der Waals surface area (Å²) in [5, 5.41) is 5.58. The lowest BCUT2D eigenvalue weighted by Gasteiger charge is -2.12. The van der Waals surface area contributed by atoms with Crippen LogP contribution in [0.4, 0.5) is 5.69 Å². The van der Waals surface area contributed by atoms with Gasteiger partial charge in [-0.3, -0.25) is 14.6 Å². The van der Waals surface area contributed by atoms with E-state index in [0.29, 0.717) is 28.9 Å². The summed E-state index contributed by atoms with van der Waals surface area (Å²) in [4.78, 5) is 29.1. The summed E-state index contributed by atoms with van der Waals surface area (Å²) < 4.78 is 10.4. The van der Waals surface area contributed by atoms with Gasteiger partial charge < -0.3 is 20.1 Å². The van der Waals surface area contributed by atoms with Crippen LogP contribution in [-0.2, 0) is 16.0 Å². The van der Waals surface area contributed by atoms with Gasteiger partial charge in [-0.25, -0.2) is 0 Å². The molecule has 0 spiro atoms. The molecule has 152 valence electrons. The molecule has 2 amide bonds. The topological polar surface area (TPSA) is 89.0 Å². The van der Waals surface area contributed by atoms with Crippen LogP contribution in [0.1, 0.15) is 12.0 Å². The van der Waals surface area contributed by atoms with Crippen LogP contribution in [0.2, 0.25) is 0 Å². The fraction of sp³-hybridized carbons (Fsp3) is 0.286. The Hall–Kier alpha value is -3.00. The van der Waals surface area contributed by atoms with Gasteiger partial charge in [0, 0.05) is 19.0 Å². The number of nitrogens with one attached hydrogen (secondary N) is 2. The number of thioether (sulfide) groups is 1. The van der Waals surface area contributed by atoms with Crippen molar-refractivity contribution >= 4 is 34.4 Å². The molecule has 29 heavy (non-hydrogen) atoms. The Kier molecular flexibility index (Phi) is 7.13. The number of hydrogen-bond donors (Lipinski definition) is 2. The molecule has 2 aromatic carbocycles. The number of benzene rings is 2. The molecule has 0 aliphatic carbocycles. The van der Waals surface area contributed by atoms with E-state index in [0.717, 1.165) is 6.42 Å². The summed E-state index contributed by atoms with van der Waals surface area (Å²) in [6.07, 6.45) is 0.829. The molecule has 0 aromatic heterocycles.